The number of nitrogens with zero attached hydrogens (tertiary/aromatic N) is 3. The predicted octanol–water partition coefficient (Wildman–Crippen LogP) is 2.39. The van der Waals surface area contributed by atoms with Crippen molar-refractivity contribution in [3.05, 3.63) is 11.9 Å². The first-order valence-corrected chi connectivity index (χ1v) is 6.89. The summed E-state index contributed by atoms with van der Waals surface area (Å²) in [5.74, 6) is 0.735. The second-order valence-electron chi connectivity index (χ2n) is 4.74. The average molecular weight is 238 g/mol. The van der Waals surface area contributed by atoms with Gasteiger partial charge in [-0.05, 0) is 31.7 Å². The van der Waals surface area contributed by atoms with Crippen molar-refractivity contribution in [2.75, 3.05) is 6.54 Å². The van der Waals surface area contributed by atoms with Gasteiger partial charge < -0.3 is 5.73 Å². The van der Waals surface area contributed by atoms with Crippen LogP contribution in [0.3, 0.4) is 0 Å². The summed E-state index contributed by atoms with van der Waals surface area (Å²) in [4.78, 5) is 0. The normalized spacial score (nSPS) is 12.9. The largest absolute Gasteiger partial charge is 0.330 e. The zero-order valence-electron chi connectivity index (χ0n) is 11.2. The van der Waals surface area contributed by atoms with Crippen molar-refractivity contribution in [3.63, 3.8) is 0 Å². The quantitative estimate of drug-likeness (QED) is 0.718. The third-order valence-electron chi connectivity index (χ3n) is 3.21. The van der Waals surface area contributed by atoms with Crippen LogP contribution in [0.4, 0.5) is 0 Å². The Morgan fingerprint density at radius 3 is 2.82 bits per heavy atom. The number of hydrogen-bond donors (Lipinski definition) is 1. The molecule has 1 aromatic rings. The standard InChI is InChI=1S/C13H26N4/c1-3-5-7-12(4-2)10-17-11-13(15-16-17)8-6-9-14/h11-12H,3-10,14H2,1-2H3. The molecule has 0 aromatic carbocycles. The molecule has 0 amide bonds. The average Bonchev–Trinajstić information content (AvgIpc) is 2.79. The summed E-state index contributed by atoms with van der Waals surface area (Å²) >= 11 is 0. The molecule has 2 N–H and O–H groups in total. The molecule has 4 heteroatoms. The van der Waals surface area contributed by atoms with Gasteiger partial charge in [0.25, 0.3) is 0 Å². The Balaban J connectivity index is 2.40. The van der Waals surface area contributed by atoms with E-state index in [9.17, 15) is 0 Å². The van der Waals surface area contributed by atoms with Crippen LogP contribution in [0.5, 0.6) is 0 Å². The number of unbranched alkanes of at least 4 members (excludes halogenated alkanes) is 1. The maximum Gasteiger partial charge on any atom is 0.0827 e. The summed E-state index contributed by atoms with van der Waals surface area (Å²) in [6, 6.07) is 0. The van der Waals surface area contributed by atoms with Gasteiger partial charge >= 0.3 is 0 Å². The van der Waals surface area contributed by atoms with Gasteiger partial charge in [-0.15, -0.1) is 5.10 Å². The number of aryl methyl sites for hydroxylation is 1. The van der Waals surface area contributed by atoms with E-state index in [4.69, 9.17) is 5.73 Å². The van der Waals surface area contributed by atoms with Crippen LogP contribution in [-0.4, -0.2) is 21.5 Å². The molecule has 0 aliphatic carbocycles. The molecule has 1 aromatic heterocycles. The summed E-state index contributed by atoms with van der Waals surface area (Å²) in [5, 5.41) is 8.37. The molecule has 17 heavy (non-hydrogen) atoms. The summed E-state index contributed by atoms with van der Waals surface area (Å²) in [6.45, 7) is 6.23. The van der Waals surface area contributed by atoms with Crippen molar-refractivity contribution >= 4 is 0 Å². The molecule has 0 radical (unpaired) electrons. The molecule has 1 unspecified atom stereocenters. The van der Waals surface area contributed by atoms with Crippen molar-refractivity contribution in [1.82, 2.24) is 15.0 Å². The molecule has 98 valence electrons. The molecule has 0 aliphatic rings. The van der Waals surface area contributed by atoms with E-state index in [-0.39, 0.29) is 0 Å². The highest BCUT2D eigenvalue weighted by Crippen LogP contribution is 2.14. The number of rotatable bonds is 9. The van der Waals surface area contributed by atoms with Gasteiger partial charge in [0.1, 0.15) is 0 Å². The van der Waals surface area contributed by atoms with E-state index >= 15 is 0 Å². The third kappa shape index (κ3) is 5.31. The third-order valence-corrected chi connectivity index (χ3v) is 3.21. The van der Waals surface area contributed by atoms with E-state index in [0.717, 1.165) is 37.5 Å². The minimum absolute atomic E-state index is 0.723. The van der Waals surface area contributed by atoms with E-state index in [0.29, 0.717) is 0 Å². The van der Waals surface area contributed by atoms with E-state index in [2.05, 4.69) is 30.4 Å². The van der Waals surface area contributed by atoms with Crippen LogP contribution in [0.15, 0.2) is 6.20 Å². The molecule has 4 nitrogen and oxygen atoms in total. The van der Waals surface area contributed by atoms with Gasteiger partial charge in [0, 0.05) is 12.7 Å². The molecule has 0 fully saturated rings. The number of aromatic nitrogens is 3. The van der Waals surface area contributed by atoms with Crippen molar-refractivity contribution in [1.29, 1.82) is 0 Å². The highest BCUT2D eigenvalue weighted by Gasteiger charge is 2.08. The summed E-state index contributed by atoms with van der Waals surface area (Å²) in [5.41, 5.74) is 6.56. The minimum Gasteiger partial charge on any atom is -0.330 e. The zero-order valence-corrected chi connectivity index (χ0v) is 11.2. The topological polar surface area (TPSA) is 56.7 Å². The highest BCUT2D eigenvalue weighted by atomic mass is 15.4. The minimum atomic E-state index is 0.723. The summed E-state index contributed by atoms with van der Waals surface area (Å²) in [6.07, 6.45) is 9.12. The van der Waals surface area contributed by atoms with E-state index in [1.807, 2.05) is 4.68 Å². The highest BCUT2D eigenvalue weighted by molar-refractivity contribution is 4.92. The summed E-state index contributed by atoms with van der Waals surface area (Å²) in [7, 11) is 0. The lowest BCUT2D eigenvalue weighted by molar-refractivity contribution is 0.368. The van der Waals surface area contributed by atoms with Gasteiger partial charge in [-0.3, -0.25) is 4.68 Å². The van der Waals surface area contributed by atoms with Crippen molar-refractivity contribution < 1.29 is 0 Å². The first-order valence-electron chi connectivity index (χ1n) is 6.89. The molecule has 0 saturated carbocycles. The fourth-order valence-corrected chi connectivity index (χ4v) is 2.01. The summed E-state index contributed by atoms with van der Waals surface area (Å²) < 4.78 is 2.00. The Labute approximate surface area is 105 Å². The first-order chi connectivity index (χ1) is 8.30. The lowest BCUT2D eigenvalue weighted by Crippen LogP contribution is -2.10. The lowest BCUT2D eigenvalue weighted by Gasteiger charge is -2.13. The van der Waals surface area contributed by atoms with Crippen LogP contribution in [0.1, 0.15) is 51.6 Å². The maximum absolute atomic E-state index is 5.49. The van der Waals surface area contributed by atoms with Gasteiger partial charge in [-0.1, -0.05) is 38.3 Å². The molecule has 1 heterocycles. The molecule has 0 spiro atoms. The fourth-order valence-electron chi connectivity index (χ4n) is 2.01. The van der Waals surface area contributed by atoms with Crippen LogP contribution in [0.25, 0.3) is 0 Å². The van der Waals surface area contributed by atoms with Crippen molar-refractivity contribution in [2.24, 2.45) is 11.7 Å². The maximum atomic E-state index is 5.49. The SMILES string of the molecule is CCCCC(CC)Cn1cc(CCCN)nn1. The molecule has 1 rings (SSSR count). The molecule has 0 aliphatic heterocycles. The Morgan fingerprint density at radius 2 is 2.18 bits per heavy atom. The van der Waals surface area contributed by atoms with Crippen LogP contribution < -0.4 is 5.73 Å². The second-order valence-corrected chi connectivity index (χ2v) is 4.74. The molecular formula is C13H26N4. The number of hydrogen-bond acceptors (Lipinski definition) is 3. The van der Waals surface area contributed by atoms with Gasteiger partial charge in [-0.25, -0.2) is 0 Å². The zero-order chi connectivity index (χ0) is 12.5. The van der Waals surface area contributed by atoms with Crippen LogP contribution in [0.2, 0.25) is 0 Å². The van der Waals surface area contributed by atoms with E-state index < -0.39 is 0 Å². The Bertz CT molecular complexity index is 295. The Morgan fingerprint density at radius 1 is 1.35 bits per heavy atom. The molecular weight excluding hydrogens is 212 g/mol. The van der Waals surface area contributed by atoms with Crippen molar-refractivity contribution in [2.45, 2.75) is 58.9 Å². The lowest BCUT2D eigenvalue weighted by atomic mass is 9.99. The second kappa shape index (κ2) is 8.23. The van der Waals surface area contributed by atoms with E-state index in [1.54, 1.807) is 0 Å². The molecule has 1 atom stereocenters. The van der Waals surface area contributed by atoms with Gasteiger partial charge in [0.05, 0.1) is 5.69 Å². The van der Waals surface area contributed by atoms with Crippen molar-refractivity contribution in [3.8, 4) is 0 Å². The van der Waals surface area contributed by atoms with Gasteiger partial charge in [0.15, 0.2) is 0 Å². The van der Waals surface area contributed by atoms with Crippen LogP contribution >= 0.6 is 0 Å². The van der Waals surface area contributed by atoms with Gasteiger partial charge in [-0.2, -0.15) is 0 Å². The number of nitrogens with two attached hydrogens (primary N) is 1. The van der Waals surface area contributed by atoms with Crippen LogP contribution in [0, 0.1) is 5.92 Å². The Hall–Kier alpha value is -0.900. The predicted molar refractivity (Wildman–Crippen MR) is 70.7 cm³/mol. The molecule has 0 bridgehead atoms. The smallest absolute Gasteiger partial charge is 0.0827 e. The van der Waals surface area contributed by atoms with Crippen LogP contribution in [-0.2, 0) is 13.0 Å². The monoisotopic (exact) mass is 238 g/mol. The van der Waals surface area contributed by atoms with E-state index in [1.165, 1.54) is 25.7 Å². The first kappa shape index (κ1) is 14.2. The Kier molecular flexibility index (Phi) is 6.86. The van der Waals surface area contributed by atoms with Gasteiger partial charge in [0.2, 0.25) is 0 Å². The fraction of sp³-hybridized carbons (Fsp3) is 0.846. The molecule has 0 saturated heterocycles.